The van der Waals surface area contributed by atoms with Gasteiger partial charge in [0.25, 0.3) is 5.91 Å². The molecular formula is C20H19FN2O2. The molecule has 4 nitrogen and oxygen atoms in total. The van der Waals surface area contributed by atoms with Gasteiger partial charge in [0.05, 0.1) is 13.2 Å². The number of likely N-dealkylation sites (tertiary alicyclic amines) is 1. The zero-order valence-corrected chi connectivity index (χ0v) is 14.0. The molecule has 2 aromatic rings. The van der Waals surface area contributed by atoms with Crippen molar-refractivity contribution in [3.8, 4) is 22.9 Å². The van der Waals surface area contributed by atoms with Crippen LogP contribution in [0.4, 0.5) is 4.39 Å². The molecule has 2 aromatic carbocycles. The van der Waals surface area contributed by atoms with E-state index in [1.54, 1.807) is 42.3 Å². The summed E-state index contributed by atoms with van der Waals surface area (Å²) in [5, 5.41) is 8.94. The van der Waals surface area contributed by atoms with Crippen LogP contribution >= 0.6 is 0 Å². The summed E-state index contributed by atoms with van der Waals surface area (Å²) in [6.45, 7) is 1.22. The van der Waals surface area contributed by atoms with Crippen molar-refractivity contribution in [3.05, 3.63) is 53.8 Å². The molecular weight excluding hydrogens is 319 g/mol. The van der Waals surface area contributed by atoms with E-state index in [-0.39, 0.29) is 17.6 Å². The second-order valence-corrected chi connectivity index (χ2v) is 6.12. The van der Waals surface area contributed by atoms with Gasteiger partial charge in [-0.2, -0.15) is 5.26 Å². The summed E-state index contributed by atoms with van der Waals surface area (Å²) in [5.74, 6) is 0.261. The number of piperidine rings is 1. The molecule has 0 aliphatic carbocycles. The van der Waals surface area contributed by atoms with Crippen LogP contribution in [0.3, 0.4) is 0 Å². The standard InChI is InChI=1S/C20H19FN2O2/c1-25-19-7-6-17(21)12-18(19)15-2-4-16(5-3-15)20(24)23-10-8-14(13-22)9-11-23/h2-7,12,14H,8-11H2,1H3. The average molecular weight is 338 g/mol. The first-order valence-electron chi connectivity index (χ1n) is 8.25. The molecule has 1 saturated heterocycles. The summed E-state index contributed by atoms with van der Waals surface area (Å²) < 4.78 is 18.8. The normalized spacial score (nSPS) is 14.8. The second-order valence-electron chi connectivity index (χ2n) is 6.12. The monoisotopic (exact) mass is 338 g/mol. The molecule has 1 heterocycles. The minimum Gasteiger partial charge on any atom is -0.496 e. The Bertz CT molecular complexity index is 803. The summed E-state index contributed by atoms with van der Waals surface area (Å²) in [4.78, 5) is 14.4. The molecule has 1 aliphatic rings. The summed E-state index contributed by atoms with van der Waals surface area (Å²) in [5.41, 5.74) is 2.03. The lowest BCUT2D eigenvalue weighted by Gasteiger charge is -2.29. The van der Waals surface area contributed by atoms with Gasteiger partial charge in [-0.25, -0.2) is 4.39 Å². The van der Waals surface area contributed by atoms with Crippen molar-refractivity contribution in [1.82, 2.24) is 4.90 Å². The zero-order valence-electron chi connectivity index (χ0n) is 14.0. The van der Waals surface area contributed by atoms with Crippen molar-refractivity contribution in [1.29, 1.82) is 5.26 Å². The van der Waals surface area contributed by atoms with Crippen molar-refractivity contribution < 1.29 is 13.9 Å². The predicted octanol–water partition coefficient (Wildman–Crippen LogP) is 3.88. The summed E-state index contributed by atoms with van der Waals surface area (Å²) >= 11 is 0. The SMILES string of the molecule is COc1ccc(F)cc1-c1ccc(C(=O)N2CCC(C#N)CC2)cc1. The molecule has 1 aliphatic heterocycles. The highest BCUT2D eigenvalue weighted by Gasteiger charge is 2.23. The lowest BCUT2D eigenvalue weighted by molar-refractivity contribution is 0.0707. The van der Waals surface area contributed by atoms with E-state index in [9.17, 15) is 9.18 Å². The van der Waals surface area contributed by atoms with E-state index in [1.165, 1.54) is 12.1 Å². The van der Waals surface area contributed by atoms with Gasteiger partial charge < -0.3 is 9.64 Å². The molecule has 1 fully saturated rings. The average Bonchev–Trinajstić information content (AvgIpc) is 2.67. The van der Waals surface area contributed by atoms with E-state index in [2.05, 4.69) is 6.07 Å². The van der Waals surface area contributed by atoms with E-state index in [1.807, 2.05) is 0 Å². The molecule has 0 saturated carbocycles. The van der Waals surface area contributed by atoms with E-state index in [0.29, 0.717) is 30.0 Å². The third-order valence-corrected chi connectivity index (χ3v) is 4.57. The molecule has 1 amide bonds. The molecule has 128 valence electrons. The number of methoxy groups -OCH3 is 1. The fourth-order valence-electron chi connectivity index (χ4n) is 3.09. The number of benzene rings is 2. The number of carbonyl (C=O) groups excluding carboxylic acids is 1. The van der Waals surface area contributed by atoms with Gasteiger partial charge in [-0.3, -0.25) is 4.79 Å². The Kier molecular flexibility index (Phi) is 4.99. The largest absolute Gasteiger partial charge is 0.496 e. The van der Waals surface area contributed by atoms with Crippen LogP contribution in [0.25, 0.3) is 11.1 Å². The van der Waals surface area contributed by atoms with Gasteiger partial charge in [0, 0.05) is 30.1 Å². The Morgan fingerprint density at radius 2 is 1.88 bits per heavy atom. The summed E-state index contributed by atoms with van der Waals surface area (Å²) in [7, 11) is 1.54. The molecule has 3 rings (SSSR count). The van der Waals surface area contributed by atoms with Gasteiger partial charge in [-0.1, -0.05) is 12.1 Å². The number of amides is 1. The molecule has 0 N–H and O–H groups in total. The van der Waals surface area contributed by atoms with Crippen molar-refractivity contribution in [3.63, 3.8) is 0 Å². The van der Waals surface area contributed by atoms with Crippen LogP contribution in [0, 0.1) is 23.1 Å². The summed E-state index contributed by atoms with van der Waals surface area (Å²) in [6.07, 6.45) is 1.45. The number of hydrogen-bond donors (Lipinski definition) is 0. The predicted molar refractivity (Wildman–Crippen MR) is 92.6 cm³/mol. The van der Waals surface area contributed by atoms with Crippen molar-refractivity contribution in [2.75, 3.05) is 20.2 Å². The molecule has 0 unspecified atom stereocenters. The molecule has 0 aromatic heterocycles. The number of rotatable bonds is 3. The Morgan fingerprint density at radius 1 is 1.20 bits per heavy atom. The highest BCUT2D eigenvalue weighted by atomic mass is 19.1. The maximum absolute atomic E-state index is 13.5. The molecule has 0 atom stereocenters. The Morgan fingerprint density at radius 3 is 2.48 bits per heavy atom. The van der Waals surface area contributed by atoms with E-state index in [4.69, 9.17) is 10.00 Å². The summed E-state index contributed by atoms with van der Waals surface area (Å²) in [6, 6.07) is 13.7. The topological polar surface area (TPSA) is 53.3 Å². The Balaban J connectivity index is 1.78. The molecule has 5 heteroatoms. The number of nitrogens with zero attached hydrogens (tertiary/aromatic N) is 2. The van der Waals surface area contributed by atoms with Gasteiger partial charge in [0.15, 0.2) is 0 Å². The highest BCUT2D eigenvalue weighted by molar-refractivity contribution is 5.95. The lowest BCUT2D eigenvalue weighted by atomic mass is 9.97. The van der Waals surface area contributed by atoms with Crippen molar-refractivity contribution in [2.24, 2.45) is 5.92 Å². The van der Waals surface area contributed by atoms with E-state index in [0.717, 1.165) is 18.4 Å². The number of carbonyl (C=O) groups is 1. The van der Waals surface area contributed by atoms with Crippen LogP contribution in [-0.2, 0) is 0 Å². The molecule has 0 bridgehead atoms. The quantitative estimate of drug-likeness (QED) is 0.853. The number of ether oxygens (including phenoxy) is 1. The first kappa shape index (κ1) is 17.0. The number of hydrogen-bond acceptors (Lipinski definition) is 3. The fourth-order valence-corrected chi connectivity index (χ4v) is 3.09. The fraction of sp³-hybridized carbons (Fsp3) is 0.300. The van der Waals surface area contributed by atoms with Crippen molar-refractivity contribution in [2.45, 2.75) is 12.8 Å². The van der Waals surface area contributed by atoms with Crippen LogP contribution in [-0.4, -0.2) is 31.0 Å². The van der Waals surface area contributed by atoms with E-state index < -0.39 is 0 Å². The third kappa shape index (κ3) is 3.63. The highest BCUT2D eigenvalue weighted by Crippen LogP contribution is 2.31. The molecule has 0 spiro atoms. The molecule has 25 heavy (non-hydrogen) atoms. The zero-order chi connectivity index (χ0) is 17.8. The second kappa shape index (κ2) is 7.35. The van der Waals surface area contributed by atoms with Gasteiger partial charge in [-0.15, -0.1) is 0 Å². The smallest absolute Gasteiger partial charge is 0.253 e. The van der Waals surface area contributed by atoms with Gasteiger partial charge in [-0.05, 0) is 48.7 Å². The third-order valence-electron chi connectivity index (χ3n) is 4.57. The number of halogens is 1. The lowest BCUT2D eigenvalue weighted by Crippen LogP contribution is -2.38. The first-order chi connectivity index (χ1) is 12.1. The first-order valence-corrected chi connectivity index (χ1v) is 8.25. The van der Waals surface area contributed by atoms with Gasteiger partial charge in [0.1, 0.15) is 11.6 Å². The minimum atomic E-state index is -0.337. The van der Waals surface area contributed by atoms with Crippen LogP contribution in [0.15, 0.2) is 42.5 Å². The van der Waals surface area contributed by atoms with Crippen LogP contribution in [0.1, 0.15) is 23.2 Å². The Labute approximate surface area is 146 Å². The molecule has 0 radical (unpaired) electrons. The maximum atomic E-state index is 13.5. The Hall–Kier alpha value is -2.87. The van der Waals surface area contributed by atoms with Gasteiger partial charge >= 0.3 is 0 Å². The van der Waals surface area contributed by atoms with Crippen LogP contribution in [0.5, 0.6) is 5.75 Å². The van der Waals surface area contributed by atoms with Crippen molar-refractivity contribution >= 4 is 5.91 Å². The van der Waals surface area contributed by atoms with Crippen LogP contribution < -0.4 is 4.74 Å². The maximum Gasteiger partial charge on any atom is 0.253 e. The van der Waals surface area contributed by atoms with E-state index >= 15 is 0 Å². The number of nitriles is 1. The minimum absolute atomic E-state index is 0.0332. The van der Waals surface area contributed by atoms with Crippen LogP contribution in [0.2, 0.25) is 0 Å². The van der Waals surface area contributed by atoms with Gasteiger partial charge in [0.2, 0.25) is 0 Å².